The van der Waals surface area contributed by atoms with Gasteiger partial charge < -0.3 is 5.73 Å². The number of hydrogen-bond donors (Lipinski definition) is 1. The number of nitrogens with two attached hydrogens (primary N) is 1. The highest BCUT2D eigenvalue weighted by atomic mass is 19.1. The van der Waals surface area contributed by atoms with Crippen LogP contribution in [0.5, 0.6) is 0 Å². The molecular formula is C6H11FN. The van der Waals surface area contributed by atoms with E-state index in [4.69, 9.17) is 5.73 Å². The van der Waals surface area contributed by atoms with Crippen molar-refractivity contribution in [3.05, 3.63) is 6.42 Å². The Hall–Kier alpha value is -0.110. The molecule has 0 aliphatic heterocycles. The summed E-state index contributed by atoms with van der Waals surface area (Å²) in [6.07, 6.45) is 3.56. The highest BCUT2D eigenvalue weighted by Gasteiger charge is 2.20. The van der Waals surface area contributed by atoms with Crippen molar-refractivity contribution in [3.8, 4) is 0 Å². The van der Waals surface area contributed by atoms with Gasteiger partial charge in [0.05, 0.1) is 0 Å². The minimum absolute atomic E-state index is 0.194. The van der Waals surface area contributed by atoms with Gasteiger partial charge in [0, 0.05) is 6.04 Å². The largest absolute Gasteiger partial charge is 0.325 e. The van der Waals surface area contributed by atoms with Crippen molar-refractivity contribution in [2.75, 3.05) is 0 Å². The molecule has 1 saturated carbocycles. The van der Waals surface area contributed by atoms with Crippen molar-refractivity contribution in [1.29, 1.82) is 0 Å². The van der Waals surface area contributed by atoms with Gasteiger partial charge in [-0.05, 0) is 25.7 Å². The fraction of sp³-hybridized carbons (Fsp3) is 0.833. The Morgan fingerprint density at radius 2 is 2.38 bits per heavy atom. The second kappa shape index (κ2) is 2.44. The van der Waals surface area contributed by atoms with Crippen LogP contribution in [0.15, 0.2) is 0 Å². The van der Waals surface area contributed by atoms with Crippen molar-refractivity contribution in [3.63, 3.8) is 0 Å². The molecule has 1 aliphatic rings. The summed E-state index contributed by atoms with van der Waals surface area (Å²) in [5.74, 6) is 0. The lowest BCUT2D eigenvalue weighted by Gasteiger charge is -2.20. The van der Waals surface area contributed by atoms with E-state index in [-0.39, 0.29) is 6.04 Å². The molecule has 2 atom stereocenters. The molecule has 0 spiro atoms. The molecule has 2 N–H and O–H groups in total. The molecule has 0 aromatic carbocycles. The van der Waals surface area contributed by atoms with Crippen molar-refractivity contribution < 1.29 is 4.39 Å². The third-order valence-corrected chi connectivity index (χ3v) is 1.56. The van der Waals surface area contributed by atoms with Gasteiger partial charge in [0.2, 0.25) is 0 Å². The fourth-order valence-electron chi connectivity index (χ4n) is 0.943. The lowest BCUT2D eigenvalue weighted by atomic mass is 9.95. The number of halogens is 1. The molecular weight excluding hydrogens is 105 g/mol. The molecule has 0 aromatic rings. The Bertz CT molecular complexity index is 64.9. The lowest BCUT2D eigenvalue weighted by Crippen LogP contribution is -2.34. The SMILES string of the molecule is NC1CC[CH]CC1F. The van der Waals surface area contributed by atoms with Gasteiger partial charge in [0.25, 0.3) is 0 Å². The van der Waals surface area contributed by atoms with Crippen molar-refractivity contribution >= 4 is 0 Å². The first kappa shape index (κ1) is 6.02. The molecule has 0 saturated heterocycles. The van der Waals surface area contributed by atoms with Crippen LogP contribution in [0.1, 0.15) is 19.3 Å². The quantitative estimate of drug-likeness (QED) is 0.502. The summed E-state index contributed by atoms with van der Waals surface area (Å²) in [5.41, 5.74) is 5.38. The standard InChI is InChI=1S/C6H11FN/c7-5-3-1-2-4-6(5)8/h1,5-6H,2-4,8H2. The minimum Gasteiger partial charge on any atom is -0.325 e. The molecule has 2 heteroatoms. The van der Waals surface area contributed by atoms with Crippen LogP contribution < -0.4 is 5.73 Å². The third kappa shape index (κ3) is 1.19. The molecule has 47 valence electrons. The summed E-state index contributed by atoms with van der Waals surface area (Å²) in [4.78, 5) is 0. The van der Waals surface area contributed by atoms with Gasteiger partial charge in [-0.3, -0.25) is 0 Å². The maximum absolute atomic E-state index is 12.4. The topological polar surface area (TPSA) is 26.0 Å². The summed E-state index contributed by atoms with van der Waals surface area (Å²) >= 11 is 0. The van der Waals surface area contributed by atoms with Crippen LogP contribution in [-0.4, -0.2) is 12.2 Å². The molecule has 0 bridgehead atoms. The van der Waals surface area contributed by atoms with E-state index in [0.29, 0.717) is 6.42 Å². The van der Waals surface area contributed by atoms with Crippen LogP contribution in [0.3, 0.4) is 0 Å². The molecule has 8 heavy (non-hydrogen) atoms. The smallest absolute Gasteiger partial charge is 0.115 e. The monoisotopic (exact) mass is 116 g/mol. The Morgan fingerprint density at radius 3 is 2.75 bits per heavy atom. The van der Waals surface area contributed by atoms with Gasteiger partial charge in [0.1, 0.15) is 6.17 Å². The van der Waals surface area contributed by atoms with Crippen LogP contribution >= 0.6 is 0 Å². The maximum atomic E-state index is 12.4. The van der Waals surface area contributed by atoms with Crippen molar-refractivity contribution in [1.82, 2.24) is 0 Å². The zero-order valence-corrected chi connectivity index (χ0v) is 4.81. The number of alkyl halides is 1. The van der Waals surface area contributed by atoms with E-state index in [2.05, 4.69) is 0 Å². The molecule has 1 aliphatic carbocycles. The van der Waals surface area contributed by atoms with Gasteiger partial charge in [-0.25, -0.2) is 4.39 Å². The molecule has 1 nitrogen and oxygen atoms in total. The molecule has 2 unspecified atom stereocenters. The van der Waals surface area contributed by atoms with Gasteiger partial charge in [-0.15, -0.1) is 0 Å². The van der Waals surface area contributed by atoms with E-state index in [0.717, 1.165) is 12.8 Å². The van der Waals surface area contributed by atoms with E-state index in [1.54, 1.807) is 0 Å². The zero-order valence-electron chi connectivity index (χ0n) is 4.81. The average Bonchev–Trinajstić information content (AvgIpc) is 1.77. The van der Waals surface area contributed by atoms with E-state index >= 15 is 0 Å². The Balaban J connectivity index is 2.28. The van der Waals surface area contributed by atoms with Gasteiger partial charge in [-0.1, -0.05) is 0 Å². The number of hydrogen-bond acceptors (Lipinski definition) is 1. The molecule has 1 radical (unpaired) electrons. The average molecular weight is 116 g/mol. The number of rotatable bonds is 0. The molecule has 1 fully saturated rings. The first-order valence-corrected chi connectivity index (χ1v) is 3.02. The molecule has 0 amide bonds. The summed E-state index contributed by atoms with van der Waals surface area (Å²) in [5, 5.41) is 0. The van der Waals surface area contributed by atoms with Crippen LogP contribution in [0.4, 0.5) is 4.39 Å². The highest BCUT2D eigenvalue weighted by molar-refractivity contribution is 4.85. The minimum atomic E-state index is -0.774. The zero-order chi connectivity index (χ0) is 5.98. The molecule has 1 rings (SSSR count). The second-order valence-corrected chi connectivity index (χ2v) is 2.28. The summed E-state index contributed by atoms with van der Waals surface area (Å²) < 4.78 is 12.4. The van der Waals surface area contributed by atoms with Gasteiger partial charge >= 0.3 is 0 Å². The summed E-state index contributed by atoms with van der Waals surface area (Å²) in [7, 11) is 0. The predicted molar refractivity (Wildman–Crippen MR) is 31.0 cm³/mol. The molecule has 0 aromatic heterocycles. The first-order valence-electron chi connectivity index (χ1n) is 3.02. The molecule has 0 heterocycles. The highest BCUT2D eigenvalue weighted by Crippen LogP contribution is 2.17. The Labute approximate surface area is 49.1 Å². The van der Waals surface area contributed by atoms with Crippen LogP contribution in [-0.2, 0) is 0 Å². The van der Waals surface area contributed by atoms with Gasteiger partial charge in [-0.2, -0.15) is 0 Å². The van der Waals surface area contributed by atoms with E-state index < -0.39 is 6.17 Å². The van der Waals surface area contributed by atoms with E-state index in [1.807, 2.05) is 6.42 Å². The van der Waals surface area contributed by atoms with Gasteiger partial charge in [0.15, 0.2) is 0 Å². The predicted octanol–water partition coefficient (Wildman–Crippen LogP) is 1.04. The fourth-order valence-corrected chi connectivity index (χ4v) is 0.943. The lowest BCUT2D eigenvalue weighted by molar-refractivity contribution is 0.246. The van der Waals surface area contributed by atoms with Crippen LogP contribution in [0, 0.1) is 6.42 Å². The normalized spacial score (nSPS) is 39.8. The maximum Gasteiger partial charge on any atom is 0.115 e. The summed E-state index contributed by atoms with van der Waals surface area (Å²) in [6, 6.07) is -0.194. The third-order valence-electron chi connectivity index (χ3n) is 1.56. The van der Waals surface area contributed by atoms with Crippen molar-refractivity contribution in [2.24, 2.45) is 5.73 Å². The Kier molecular flexibility index (Phi) is 1.84. The van der Waals surface area contributed by atoms with E-state index in [1.165, 1.54) is 0 Å². The first-order chi connectivity index (χ1) is 3.80. The van der Waals surface area contributed by atoms with Crippen molar-refractivity contribution in [2.45, 2.75) is 31.5 Å². The van der Waals surface area contributed by atoms with Crippen LogP contribution in [0.25, 0.3) is 0 Å². The Morgan fingerprint density at radius 1 is 1.62 bits per heavy atom. The summed E-state index contributed by atoms with van der Waals surface area (Å²) in [6.45, 7) is 0. The van der Waals surface area contributed by atoms with E-state index in [9.17, 15) is 4.39 Å². The second-order valence-electron chi connectivity index (χ2n) is 2.28. The van der Waals surface area contributed by atoms with Crippen LogP contribution in [0.2, 0.25) is 0 Å².